The normalized spacial score (nSPS) is 10.2. The van der Waals surface area contributed by atoms with Crippen LogP contribution in [-0.2, 0) is 9.53 Å². The minimum Gasteiger partial charge on any atom is -0.478 e. The van der Waals surface area contributed by atoms with E-state index in [1.807, 2.05) is 0 Å². The van der Waals surface area contributed by atoms with Crippen molar-refractivity contribution in [1.82, 2.24) is 10.3 Å². The van der Waals surface area contributed by atoms with Crippen molar-refractivity contribution in [2.45, 2.75) is 6.92 Å². The summed E-state index contributed by atoms with van der Waals surface area (Å²) in [6, 6.07) is 3.07. The fourth-order valence-corrected chi connectivity index (χ4v) is 1.63. The van der Waals surface area contributed by atoms with Gasteiger partial charge in [-0.2, -0.15) is 0 Å². The molecule has 0 saturated carbocycles. The topological polar surface area (TPSA) is 91.8 Å². The van der Waals surface area contributed by atoms with Gasteiger partial charge in [0.1, 0.15) is 5.82 Å². The van der Waals surface area contributed by atoms with Gasteiger partial charge in [-0.05, 0) is 19.1 Å². The first-order valence-corrected chi connectivity index (χ1v) is 6.13. The summed E-state index contributed by atoms with van der Waals surface area (Å²) in [5.41, 5.74) is 0.577. The van der Waals surface area contributed by atoms with Crippen molar-refractivity contribution in [2.24, 2.45) is 0 Å². The number of nitrogens with zero attached hydrogens (tertiary/aromatic N) is 2. The van der Waals surface area contributed by atoms with Crippen LogP contribution in [0.2, 0.25) is 0 Å². The molecule has 0 spiro atoms. The summed E-state index contributed by atoms with van der Waals surface area (Å²) in [6.45, 7) is 2.68. The number of hydrogen-bond acceptors (Lipinski definition) is 5. The predicted molar refractivity (Wildman–Crippen MR) is 74.1 cm³/mol. The number of aryl methyl sites for hydroxylation is 1. The van der Waals surface area contributed by atoms with Crippen molar-refractivity contribution in [2.75, 3.05) is 38.8 Å². The van der Waals surface area contributed by atoms with E-state index in [4.69, 9.17) is 9.84 Å². The van der Waals surface area contributed by atoms with E-state index in [0.717, 1.165) is 0 Å². The Morgan fingerprint density at radius 3 is 2.70 bits per heavy atom. The second kappa shape index (κ2) is 7.44. The molecule has 7 nitrogen and oxygen atoms in total. The van der Waals surface area contributed by atoms with Crippen LogP contribution in [0.15, 0.2) is 12.1 Å². The van der Waals surface area contributed by atoms with Crippen LogP contribution in [0.3, 0.4) is 0 Å². The number of carbonyl (C=O) groups excluding carboxylic acids is 1. The lowest BCUT2D eigenvalue weighted by molar-refractivity contribution is -0.119. The molecule has 2 N–H and O–H groups in total. The van der Waals surface area contributed by atoms with Crippen molar-refractivity contribution in [3.8, 4) is 0 Å². The van der Waals surface area contributed by atoms with Crippen molar-refractivity contribution >= 4 is 17.7 Å². The standard InChI is InChI=1S/C13H19N3O4/c1-9-10(13(18)19)4-5-11(15-9)16(2)8-12(17)14-6-7-20-3/h4-5H,6-8H2,1-3H3,(H,14,17)(H,18,19). The molecule has 0 aliphatic heterocycles. The number of amides is 1. The number of methoxy groups -OCH3 is 1. The third kappa shape index (κ3) is 4.51. The fourth-order valence-electron chi connectivity index (χ4n) is 1.63. The molecule has 20 heavy (non-hydrogen) atoms. The fraction of sp³-hybridized carbons (Fsp3) is 0.462. The minimum absolute atomic E-state index is 0.141. The van der Waals surface area contributed by atoms with Crippen molar-refractivity contribution in [3.63, 3.8) is 0 Å². The van der Waals surface area contributed by atoms with E-state index >= 15 is 0 Å². The third-order valence-corrected chi connectivity index (χ3v) is 2.70. The summed E-state index contributed by atoms with van der Waals surface area (Å²) >= 11 is 0. The van der Waals surface area contributed by atoms with E-state index in [2.05, 4.69) is 10.3 Å². The van der Waals surface area contributed by atoms with Crippen LogP contribution < -0.4 is 10.2 Å². The summed E-state index contributed by atoms with van der Waals surface area (Å²) in [4.78, 5) is 28.4. The van der Waals surface area contributed by atoms with Crippen molar-refractivity contribution < 1.29 is 19.4 Å². The van der Waals surface area contributed by atoms with Crippen LogP contribution in [0.4, 0.5) is 5.82 Å². The molecule has 1 rings (SSSR count). The number of anilines is 1. The molecule has 0 radical (unpaired) electrons. The van der Waals surface area contributed by atoms with Gasteiger partial charge in [0.25, 0.3) is 0 Å². The number of nitrogens with one attached hydrogen (secondary N) is 1. The summed E-state index contributed by atoms with van der Waals surface area (Å²) in [5.74, 6) is -0.609. The smallest absolute Gasteiger partial charge is 0.337 e. The van der Waals surface area contributed by atoms with Crippen LogP contribution in [0.25, 0.3) is 0 Å². The molecule has 0 atom stereocenters. The molecule has 1 amide bonds. The minimum atomic E-state index is -1.01. The number of hydrogen-bond donors (Lipinski definition) is 2. The summed E-state index contributed by atoms with van der Waals surface area (Å²) < 4.78 is 4.84. The lowest BCUT2D eigenvalue weighted by Gasteiger charge is -2.18. The number of carboxylic acid groups (broad SMARTS) is 1. The van der Waals surface area contributed by atoms with Crippen LogP contribution in [-0.4, -0.2) is 55.8 Å². The lowest BCUT2D eigenvalue weighted by Crippen LogP contribution is -2.37. The zero-order valence-electron chi connectivity index (χ0n) is 11.8. The van der Waals surface area contributed by atoms with Gasteiger partial charge in [-0.1, -0.05) is 0 Å². The molecule has 1 aromatic heterocycles. The molecule has 0 saturated heterocycles. The Bertz CT molecular complexity index is 491. The maximum atomic E-state index is 11.6. The summed E-state index contributed by atoms with van der Waals surface area (Å²) in [5, 5.41) is 11.6. The number of rotatable bonds is 7. The molecule has 0 aliphatic rings. The Hall–Kier alpha value is -2.15. The molecule has 0 bridgehead atoms. The highest BCUT2D eigenvalue weighted by Gasteiger charge is 2.12. The van der Waals surface area contributed by atoms with Gasteiger partial charge in [0.2, 0.25) is 5.91 Å². The van der Waals surface area contributed by atoms with Crippen LogP contribution >= 0.6 is 0 Å². The van der Waals surface area contributed by atoms with Gasteiger partial charge in [0.15, 0.2) is 0 Å². The van der Waals surface area contributed by atoms with Gasteiger partial charge in [0, 0.05) is 20.7 Å². The Balaban J connectivity index is 2.63. The highest BCUT2D eigenvalue weighted by atomic mass is 16.5. The van der Waals surface area contributed by atoms with Crippen molar-refractivity contribution in [1.29, 1.82) is 0 Å². The molecule has 1 heterocycles. The Morgan fingerprint density at radius 1 is 1.45 bits per heavy atom. The highest BCUT2D eigenvalue weighted by Crippen LogP contribution is 2.13. The first-order valence-electron chi connectivity index (χ1n) is 6.13. The number of aromatic nitrogens is 1. The number of carbonyl (C=O) groups is 2. The number of likely N-dealkylation sites (N-methyl/N-ethyl adjacent to an activating group) is 1. The van der Waals surface area contributed by atoms with Gasteiger partial charge in [-0.25, -0.2) is 9.78 Å². The number of ether oxygens (including phenoxy) is 1. The SMILES string of the molecule is COCCNC(=O)CN(C)c1ccc(C(=O)O)c(C)n1. The first kappa shape index (κ1) is 15.9. The van der Waals surface area contributed by atoms with E-state index in [1.165, 1.54) is 6.07 Å². The molecule has 1 aromatic rings. The molecule has 0 aromatic carbocycles. The molecule has 0 aliphatic carbocycles. The van der Waals surface area contributed by atoms with Gasteiger partial charge in [0.05, 0.1) is 24.4 Å². The van der Waals surface area contributed by atoms with Crippen molar-refractivity contribution in [3.05, 3.63) is 23.4 Å². The van der Waals surface area contributed by atoms with E-state index in [0.29, 0.717) is 24.7 Å². The molecular formula is C13H19N3O4. The average Bonchev–Trinajstić information content (AvgIpc) is 2.38. The lowest BCUT2D eigenvalue weighted by atomic mass is 10.2. The second-order valence-electron chi connectivity index (χ2n) is 4.31. The highest BCUT2D eigenvalue weighted by molar-refractivity contribution is 5.89. The second-order valence-corrected chi connectivity index (χ2v) is 4.31. The zero-order valence-corrected chi connectivity index (χ0v) is 11.8. The maximum Gasteiger partial charge on any atom is 0.337 e. The van der Waals surface area contributed by atoms with Gasteiger partial charge in [-0.3, -0.25) is 4.79 Å². The van der Waals surface area contributed by atoms with Gasteiger partial charge >= 0.3 is 5.97 Å². The van der Waals surface area contributed by atoms with E-state index in [1.54, 1.807) is 32.0 Å². The monoisotopic (exact) mass is 281 g/mol. The molecule has 7 heteroatoms. The number of aromatic carboxylic acids is 1. The molecular weight excluding hydrogens is 262 g/mol. The predicted octanol–water partition coefficient (Wildman–Crippen LogP) is 0.287. The van der Waals surface area contributed by atoms with E-state index in [9.17, 15) is 9.59 Å². The van der Waals surface area contributed by atoms with Crippen LogP contribution in [0.1, 0.15) is 16.1 Å². The van der Waals surface area contributed by atoms with E-state index in [-0.39, 0.29) is 18.0 Å². The molecule has 0 unspecified atom stereocenters. The quantitative estimate of drug-likeness (QED) is 0.698. The largest absolute Gasteiger partial charge is 0.478 e. The van der Waals surface area contributed by atoms with E-state index < -0.39 is 5.97 Å². The van der Waals surface area contributed by atoms with Crippen LogP contribution in [0.5, 0.6) is 0 Å². The zero-order chi connectivity index (χ0) is 15.1. The Morgan fingerprint density at radius 2 is 2.15 bits per heavy atom. The Labute approximate surface area is 117 Å². The first-order chi connectivity index (χ1) is 9.45. The maximum absolute atomic E-state index is 11.6. The summed E-state index contributed by atoms with van der Waals surface area (Å²) in [7, 11) is 3.28. The Kier molecular flexibility index (Phi) is 5.92. The van der Waals surface area contributed by atoms with Gasteiger partial charge in [-0.15, -0.1) is 0 Å². The summed E-state index contributed by atoms with van der Waals surface area (Å²) in [6.07, 6.45) is 0. The molecule has 110 valence electrons. The number of pyridine rings is 1. The third-order valence-electron chi connectivity index (χ3n) is 2.70. The van der Waals surface area contributed by atoms with Gasteiger partial charge < -0.3 is 20.1 Å². The number of carboxylic acids is 1. The average molecular weight is 281 g/mol. The van der Waals surface area contributed by atoms with Crippen LogP contribution in [0, 0.1) is 6.92 Å². The molecule has 0 fully saturated rings.